The number of carbonyl (C=O) groups is 1. The van der Waals surface area contributed by atoms with Crippen LogP contribution in [0.25, 0.3) is 0 Å². The normalized spacial score (nSPS) is 18.2. The summed E-state index contributed by atoms with van der Waals surface area (Å²) >= 11 is 5.87. The molecule has 19 heavy (non-hydrogen) atoms. The molecule has 0 radical (unpaired) electrons. The summed E-state index contributed by atoms with van der Waals surface area (Å²) in [6.45, 7) is 4.66. The highest BCUT2D eigenvalue weighted by atomic mass is 35.5. The lowest BCUT2D eigenvalue weighted by Crippen LogP contribution is -2.34. The molecule has 0 atom stereocenters. The van der Waals surface area contributed by atoms with Crippen molar-refractivity contribution in [3.63, 3.8) is 0 Å². The number of aliphatic carboxylic acids is 1. The van der Waals surface area contributed by atoms with E-state index in [2.05, 4.69) is 4.90 Å². The Morgan fingerprint density at radius 2 is 1.74 bits per heavy atom. The van der Waals surface area contributed by atoms with Crippen molar-refractivity contribution in [1.29, 1.82) is 0 Å². The zero-order chi connectivity index (χ0) is 13.7. The number of halogens is 1. The summed E-state index contributed by atoms with van der Waals surface area (Å²) < 4.78 is 0. The van der Waals surface area contributed by atoms with Crippen molar-refractivity contribution < 1.29 is 9.90 Å². The molecule has 1 aliphatic heterocycles. The van der Waals surface area contributed by atoms with Crippen LogP contribution in [0.15, 0.2) is 24.3 Å². The van der Waals surface area contributed by atoms with E-state index in [-0.39, 0.29) is 6.54 Å². The van der Waals surface area contributed by atoms with Gasteiger partial charge in [0.1, 0.15) is 0 Å². The number of benzene rings is 1. The third-order valence-corrected chi connectivity index (χ3v) is 3.61. The van der Waals surface area contributed by atoms with Gasteiger partial charge in [-0.1, -0.05) is 23.7 Å². The van der Waals surface area contributed by atoms with E-state index in [4.69, 9.17) is 16.7 Å². The quantitative estimate of drug-likeness (QED) is 0.916. The lowest BCUT2D eigenvalue weighted by Gasteiger charge is -2.20. The zero-order valence-electron chi connectivity index (χ0n) is 10.9. The van der Waals surface area contributed by atoms with Gasteiger partial charge in [-0.2, -0.15) is 0 Å². The van der Waals surface area contributed by atoms with Crippen molar-refractivity contribution >= 4 is 17.6 Å². The molecule has 1 fully saturated rings. The van der Waals surface area contributed by atoms with Crippen molar-refractivity contribution in [2.75, 3.05) is 32.7 Å². The van der Waals surface area contributed by atoms with Crippen molar-refractivity contribution in [3.8, 4) is 0 Å². The molecule has 1 aromatic rings. The van der Waals surface area contributed by atoms with E-state index in [0.717, 1.165) is 44.2 Å². The lowest BCUT2D eigenvalue weighted by atomic mass is 10.2. The van der Waals surface area contributed by atoms with Crippen molar-refractivity contribution in [2.45, 2.75) is 13.0 Å². The van der Waals surface area contributed by atoms with E-state index >= 15 is 0 Å². The molecule has 0 bridgehead atoms. The molecular formula is C14H19ClN2O2. The van der Waals surface area contributed by atoms with Crippen LogP contribution in [-0.2, 0) is 11.3 Å². The van der Waals surface area contributed by atoms with E-state index in [0.29, 0.717) is 0 Å². The highest BCUT2D eigenvalue weighted by Gasteiger charge is 2.16. The fraction of sp³-hybridized carbons (Fsp3) is 0.500. The summed E-state index contributed by atoms with van der Waals surface area (Å²) in [6.07, 6.45) is 1.01. The topological polar surface area (TPSA) is 43.8 Å². The first-order valence-electron chi connectivity index (χ1n) is 6.54. The molecule has 2 rings (SSSR count). The molecule has 0 aliphatic carbocycles. The fourth-order valence-electron chi connectivity index (χ4n) is 2.38. The van der Waals surface area contributed by atoms with Gasteiger partial charge in [0.2, 0.25) is 0 Å². The fourth-order valence-corrected chi connectivity index (χ4v) is 2.51. The van der Waals surface area contributed by atoms with Gasteiger partial charge in [0.15, 0.2) is 0 Å². The minimum atomic E-state index is -0.744. The molecule has 0 aromatic heterocycles. The Kier molecular flexibility index (Phi) is 5.19. The van der Waals surface area contributed by atoms with Crippen molar-refractivity contribution in [1.82, 2.24) is 9.80 Å². The Hall–Kier alpha value is -1.10. The van der Waals surface area contributed by atoms with E-state index in [1.807, 2.05) is 29.2 Å². The molecule has 0 spiro atoms. The molecule has 0 amide bonds. The van der Waals surface area contributed by atoms with Crippen LogP contribution < -0.4 is 0 Å². The Morgan fingerprint density at radius 1 is 1.11 bits per heavy atom. The average Bonchev–Trinajstić information content (AvgIpc) is 2.57. The third-order valence-electron chi connectivity index (χ3n) is 3.36. The number of carboxylic acids is 1. The van der Waals surface area contributed by atoms with Gasteiger partial charge in [-0.05, 0) is 30.7 Å². The van der Waals surface area contributed by atoms with Gasteiger partial charge in [-0.3, -0.25) is 14.6 Å². The van der Waals surface area contributed by atoms with Gasteiger partial charge in [-0.15, -0.1) is 0 Å². The molecular weight excluding hydrogens is 264 g/mol. The summed E-state index contributed by atoms with van der Waals surface area (Å²) in [5.41, 5.74) is 1.25. The van der Waals surface area contributed by atoms with E-state index in [1.54, 1.807) is 0 Å². The van der Waals surface area contributed by atoms with Gasteiger partial charge in [-0.25, -0.2) is 0 Å². The van der Waals surface area contributed by atoms with Crippen LogP contribution in [0.5, 0.6) is 0 Å². The first-order valence-corrected chi connectivity index (χ1v) is 6.92. The van der Waals surface area contributed by atoms with Gasteiger partial charge in [0.05, 0.1) is 6.54 Å². The minimum absolute atomic E-state index is 0.148. The van der Waals surface area contributed by atoms with Crippen LogP contribution in [0.2, 0.25) is 5.02 Å². The monoisotopic (exact) mass is 282 g/mol. The largest absolute Gasteiger partial charge is 0.480 e. The first kappa shape index (κ1) is 14.3. The van der Waals surface area contributed by atoms with Crippen LogP contribution in [-0.4, -0.2) is 53.6 Å². The molecule has 0 saturated carbocycles. The number of rotatable bonds is 4. The maximum absolute atomic E-state index is 10.7. The van der Waals surface area contributed by atoms with E-state index < -0.39 is 5.97 Å². The molecule has 104 valence electrons. The molecule has 1 heterocycles. The number of hydrogen-bond acceptors (Lipinski definition) is 3. The Balaban J connectivity index is 1.85. The lowest BCUT2D eigenvalue weighted by molar-refractivity contribution is -0.138. The van der Waals surface area contributed by atoms with Crippen molar-refractivity contribution in [2.24, 2.45) is 0 Å². The highest BCUT2D eigenvalue weighted by Crippen LogP contribution is 2.13. The molecule has 5 heteroatoms. The van der Waals surface area contributed by atoms with E-state index in [1.165, 1.54) is 5.56 Å². The Labute approximate surface area is 118 Å². The smallest absolute Gasteiger partial charge is 0.317 e. The standard InChI is InChI=1S/C14H19ClN2O2/c15-13-4-2-12(3-5-13)10-16-6-1-7-17(9-8-16)11-14(18)19/h2-5H,1,6-11H2,(H,18,19). The predicted octanol–water partition coefficient (Wildman–Crippen LogP) is 1.93. The molecule has 1 N–H and O–H groups in total. The van der Waals surface area contributed by atoms with Gasteiger partial charge in [0, 0.05) is 31.2 Å². The van der Waals surface area contributed by atoms with Crippen LogP contribution >= 0.6 is 11.6 Å². The molecule has 4 nitrogen and oxygen atoms in total. The van der Waals surface area contributed by atoms with Gasteiger partial charge in [0.25, 0.3) is 0 Å². The average molecular weight is 283 g/mol. The highest BCUT2D eigenvalue weighted by molar-refractivity contribution is 6.30. The van der Waals surface area contributed by atoms with E-state index in [9.17, 15) is 4.79 Å². The maximum Gasteiger partial charge on any atom is 0.317 e. The predicted molar refractivity (Wildman–Crippen MR) is 75.4 cm³/mol. The van der Waals surface area contributed by atoms with Gasteiger partial charge >= 0.3 is 5.97 Å². The maximum atomic E-state index is 10.7. The van der Waals surface area contributed by atoms with Crippen LogP contribution in [0.4, 0.5) is 0 Å². The Morgan fingerprint density at radius 3 is 2.42 bits per heavy atom. The second-order valence-corrected chi connectivity index (χ2v) is 5.36. The summed E-state index contributed by atoms with van der Waals surface area (Å²) in [5, 5.41) is 9.57. The molecule has 1 aromatic carbocycles. The molecule has 1 saturated heterocycles. The summed E-state index contributed by atoms with van der Waals surface area (Å²) in [6, 6.07) is 7.90. The summed E-state index contributed by atoms with van der Waals surface area (Å²) in [5.74, 6) is -0.744. The van der Waals surface area contributed by atoms with Crippen LogP contribution in [0.3, 0.4) is 0 Å². The van der Waals surface area contributed by atoms with Crippen molar-refractivity contribution in [3.05, 3.63) is 34.9 Å². The Bertz CT molecular complexity index is 422. The second-order valence-electron chi connectivity index (χ2n) is 4.93. The third kappa shape index (κ3) is 4.82. The number of carboxylic acid groups (broad SMARTS) is 1. The molecule has 1 aliphatic rings. The number of hydrogen-bond donors (Lipinski definition) is 1. The SMILES string of the molecule is O=C(O)CN1CCCN(Cc2ccc(Cl)cc2)CC1. The van der Waals surface area contributed by atoms with Crippen LogP contribution in [0.1, 0.15) is 12.0 Å². The summed E-state index contributed by atoms with van der Waals surface area (Å²) in [4.78, 5) is 15.1. The van der Waals surface area contributed by atoms with Crippen LogP contribution in [0, 0.1) is 0 Å². The van der Waals surface area contributed by atoms with Gasteiger partial charge < -0.3 is 5.11 Å². The molecule has 0 unspecified atom stereocenters. The minimum Gasteiger partial charge on any atom is -0.480 e. The number of nitrogens with zero attached hydrogens (tertiary/aromatic N) is 2. The zero-order valence-corrected chi connectivity index (χ0v) is 11.6. The summed E-state index contributed by atoms with van der Waals surface area (Å²) in [7, 11) is 0. The first-order chi connectivity index (χ1) is 9.13. The second kappa shape index (κ2) is 6.89.